The van der Waals surface area contributed by atoms with Gasteiger partial charge in [-0.3, -0.25) is 0 Å². The first-order valence-electron chi connectivity index (χ1n) is 6.43. The Hall–Kier alpha value is -1.88. The average Bonchev–Trinajstić information content (AvgIpc) is 2.80. The molecular formula is C14H20N4O. The van der Waals surface area contributed by atoms with Gasteiger partial charge >= 0.3 is 0 Å². The SMILES string of the molecule is CC(C)NCc1cccc(OCc2nncn2C)c1. The predicted molar refractivity (Wildman–Crippen MR) is 73.8 cm³/mol. The molecule has 0 atom stereocenters. The number of nitrogens with zero attached hydrogens (tertiary/aromatic N) is 3. The van der Waals surface area contributed by atoms with E-state index in [0.717, 1.165) is 18.1 Å². The first-order valence-corrected chi connectivity index (χ1v) is 6.43. The lowest BCUT2D eigenvalue weighted by molar-refractivity contribution is 0.291. The third-order valence-electron chi connectivity index (χ3n) is 2.79. The van der Waals surface area contributed by atoms with E-state index < -0.39 is 0 Å². The van der Waals surface area contributed by atoms with Gasteiger partial charge in [0.25, 0.3) is 0 Å². The third-order valence-corrected chi connectivity index (χ3v) is 2.79. The highest BCUT2D eigenvalue weighted by molar-refractivity contribution is 5.28. The normalized spacial score (nSPS) is 10.9. The van der Waals surface area contributed by atoms with E-state index in [-0.39, 0.29) is 0 Å². The van der Waals surface area contributed by atoms with Crippen LogP contribution >= 0.6 is 0 Å². The molecule has 0 radical (unpaired) electrons. The molecule has 0 spiro atoms. The van der Waals surface area contributed by atoms with Crippen LogP contribution in [0, 0.1) is 0 Å². The summed E-state index contributed by atoms with van der Waals surface area (Å²) in [7, 11) is 1.90. The van der Waals surface area contributed by atoms with Crippen molar-refractivity contribution in [1.29, 1.82) is 0 Å². The monoisotopic (exact) mass is 260 g/mol. The number of nitrogens with one attached hydrogen (secondary N) is 1. The fourth-order valence-corrected chi connectivity index (χ4v) is 1.65. The van der Waals surface area contributed by atoms with Gasteiger partial charge in [-0.05, 0) is 17.7 Å². The molecule has 0 aliphatic rings. The van der Waals surface area contributed by atoms with Gasteiger partial charge in [-0.25, -0.2) is 0 Å². The van der Waals surface area contributed by atoms with E-state index in [1.54, 1.807) is 6.33 Å². The third kappa shape index (κ3) is 4.06. The Bertz CT molecular complexity index is 522. The van der Waals surface area contributed by atoms with Crippen molar-refractivity contribution in [3.63, 3.8) is 0 Å². The van der Waals surface area contributed by atoms with Crippen LogP contribution in [0.25, 0.3) is 0 Å². The molecule has 0 bridgehead atoms. The van der Waals surface area contributed by atoms with E-state index in [2.05, 4.69) is 35.4 Å². The van der Waals surface area contributed by atoms with Crippen molar-refractivity contribution >= 4 is 0 Å². The second-order valence-corrected chi connectivity index (χ2v) is 4.83. The van der Waals surface area contributed by atoms with E-state index in [1.807, 2.05) is 29.8 Å². The molecular weight excluding hydrogens is 240 g/mol. The average molecular weight is 260 g/mol. The highest BCUT2D eigenvalue weighted by atomic mass is 16.5. The summed E-state index contributed by atoms with van der Waals surface area (Å²) in [4.78, 5) is 0. The van der Waals surface area contributed by atoms with Gasteiger partial charge in [0.2, 0.25) is 0 Å². The van der Waals surface area contributed by atoms with Crippen LogP contribution in [0.1, 0.15) is 25.2 Å². The summed E-state index contributed by atoms with van der Waals surface area (Å²) in [6.07, 6.45) is 1.67. The van der Waals surface area contributed by atoms with E-state index >= 15 is 0 Å². The lowest BCUT2D eigenvalue weighted by atomic mass is 10.2. The molecule has 19 heavy (non-hydrogen) atoms. The first kappa shape index (κ1) is 13.5. The lowest BCUT2D eigenvalue weighted by Gasteiger charge is -2.10. The molecule has 0 saturated carbocycles. The Kier molecular flexibility index (Phi) is 4.52. The standard InChI is InChI=1S/C14H20N4O/c1-11(2)15-8-12-5-4-6-13(7-12)19-9-14-17-16-10-18(14)3/h4-7,10-11,15H,8-9H2,1-3H3. The van der Waals surface area contributed by atoms with Crippen molar-refractivity contribution in [2.75, 3.05) is 0 Å². The van der Waals surface area contributed by atoms with Crippen LogP contribution in [-0.4, -0.2) is 20.8 Å². The molecule has 1 heterocycles. The minimum atomic E-state index is 0.428. The molecule has 0 aliphatic heterocycles. The fourth-order valence-electron chi connectivity index (χ4n) is 1.65. The van der Waals surface area contributed by atoms with Crippen LogP contribution in [0.2, 0.25) is 0 Å². The molecule has 0 aliphatic carbocycles. The maximum atomic E-state index is 5.73. The van der Waals surface area contributed by atoms with Crippen LogP contribution in [0.5, 0.6) is 5.75 Å². The predicted octanol–water partition coefficient (Wildman–Crippen LogP) is 1.89. The molecule has 1 aromatic heterocycles. The van der Waals surface area contributed by atoms with Gasteiger partial charge in [-0.2, -0.15) is 0 Å². The number of aromatic nitrogens is 3. The Morgan fingerprint density at radius 3 is 2.89 bits per heavy atom. The molecule has 1 aromatic carbocycles. The number of aryl methyl sites for hydroxylation is 1. The lowest BCUT2D eigenvalue weighted by Crippen LogP contribution is -2.21. The van der Waals surface area contributed by atoms with Crippen molar-refractivity contribution in [3.05, 3.63) is 42.0 Å². The highest BCUT2D eigenvalue weighted by Crippen LogP contribution is 2.14. The summed E-state index contributed by atoms with van der Waals surface area (Å²) < 4.78 is 7.58. The largest absolute Gasteiger partial charge is 0.486 e. The molecule has 0 saturated heterocycles. The van der Waals surface area contributed by atoms with Gasteiger partial charge in [0.05, 0.1) is 0 Å². The zero-order valence-electron chi connectivity index (χ0n) is 11.6. The minimum Gasteiger partial charge on any atom is -0.486 e. The Morgan fingerprint density at radius 2 is 2.21 bits per heavy atom. The summed E-state index contributed by atoms with van der Waals surface area (Å²) in [6, 6.07) is 8.57. The zero-order valence-corrected chi connectivity index (χ0v) is 11.6. The molecule has 102 valence electrons. The fraction of sp³-hybridized carbons (Fsp3) is 0.429. The van der Waals surface area contributed by atoms with Crippen LogP contribution in [0.4, 0.5) is 0 Å². The second kappa shape index (κ2) is 6.33. The Balaban J connectivity index is 1.93. The van der Waals surface area contributed by atoms with E-state index in [1.165, 1.54) is 5.56 Å². The number of rotatable bonds is 6. The maximum Gasteiger partial charge on any atom is 0.170 e. The molecule has 5 nitrogen and oxygen atoms in total. The van der Waals surface area contributed by atoms with Gasteiger partial charge in [0.1, 0.15) is 18.7 Å². The van der Waals surface area contributed by atoms with E-state index in [0.29, 0.717) is 12.6 Å². The van der Waals surface area contributed by atoms with E-state index in [4.69, 9.17) is 4.74 Å². The van der Waals surface area contributed by atoms with Crippen LogP contribution in [0.3, 0.4) is 0 Å². The molecule has 2 aromatic rings. The van der Waals surface area contributed by atoms with Gasteiger partial charge in [0.15, 0.2) is 5.82 Å². The van der Waals surface area contributed by atoms with Crippen LogP contribution in [-0.2, 0) is 20.2 Å². The van der Waals surface area contributed by atoms with Crippen molar-refractivity contribution in [2.24, 2.45) is 7.05 Å². The maximum absolute atomic E-state index is 5.73. The van der Waals surface area contributed by atoms with Crippen LogP contribution in [0.15, 0.2) is 30.6 Å². The quantitative estimate of drug-likeness (QED) is 0.861. The summed E-state index contributed by atoms with van der Waals surface area (Å²) in [5.41, 5.74) is 1.21. The van der Waals surface area contributed by atoms with Crippen molar-refractivity contribution in [1.82, 2.24) is 20.1 Å². The van der Waals surface area contributed by atoms with Crippen molar-refractivity contribution in [2.45, 2.75) is 33.0 Å². The molecule has 0 amide bonds. The zero-order chi connectivity index (χ0) is 13.7. The van der Waals surface area contributed by atoms with Crippen LogP contribution < -0.4 is 10.1 Å². The number of hydrogen-bond acceptors (Lipinski definition) is 4. The topological polar surface area (TPSA) is 52.0 Å². The highest BCUT2D eigenvalue weighted by Gasteiger charge is 2.03. The smallest absolute Gasteiger partial charge is 0.170 e. The van der Waals surface area contributed by atoms with Gasteiger partial charge in [0, 0.05) is 19.6 Å². The first-order chi connectivity index (χ1) is 9.15. The number of benzene rings is 1. The minimum absolute atomic E-state index is 0.428. The van der Waals surface area contributed by atoms with Gasteiger partial charge < -0.3 is 14.6 Å². The van der Waals surface area contributed by atoms with E-state index in [9.17, 15) is 0 Å². The van der Waals surface area contributed by atoms with Gasteiger partial charge in [-0.15, -0.1) is 10.2 Å². The Morgan fingerprint density at radius 1 is 1.37 bits per heavy atom. The Labute approximate surface area is 113 Å². The summed E-state index contributed by atoms with van der Waals surface area (Å²) in [6.45, 7) is 5.54. The summed E-state index contributed by atoms with van der Waals surface area (Å²) >= 11 is 0. The summed E-state index contributed by atoms with van der Waals surface area (Å²) in [5, 5.41) is 11.2. The number of hydrogen-bond donors (Lipinski definition) is 1. The van der Waals surface area contributed by atoms with Crippen molar-refractivity contribution < 1.29 is 4.74 Å². The molecule has 0 fully saturated rings. The summed E-state index contributed by atoms with van der Waals surface area (Å²) in [5.74, 6) is 1.66. The molecule has 5 heteroatoms. The molecule has 1 N–H and O–H groups in total. The molecule has 2 rings (SSSR count). The number of ether oxygens (including phenoxy) is 1. The van der Waals surface area contributed by atoms with Crippen molar-refractivity contribution in [3.8, 4) is 5.75 Å². The molecule has 0 unspecified atom stereocenters. The second-order valence-electron chi connectivity index (χ2n) is 4.83. The van der Waals surface area contributed by atoms with Gasteiger partial charge in [-0.1, -0.05) is 26.0 Å².